The van der Waals surface area contributed by atoms with Gasteiger partial charge in [0.1, 0.15) is 0 Å². The van der Waals surface area contributed by atoms with E-state index in [9.17, 15) is 8.78 Å². The van der Waals surface area contributed by atoms with E-state index in [0.29, 0.717) is 18.8 Å². The summed E-state index contributed by atoms with van der Waals surface area (Å²) in [6.45, 7) is 5.87. The summed E-state index contributed by atoms with van der Waals surface area (Å²) in [6.07, 6.45) is 6.07. The molecule has 1 aliphatic carbocycles. The number of alkyl halides is 2. The third-order valence-corrected chi connectivity index (χ3v) is 5.16. The van der Waals surface area contributed by atoms with Crippen molar-refractivity contribution in [3.05, 3.63) is 36.3 Å². The first-order valence-corrected chi connectivity index (χ1v) is 9.78. The van der Waals surface area contributed by atoms with Crippen LogP contribution in [-0.4, -0.2) is 37.3 Å². The molecule has 1 fully saturated rings. The molecule has 4 rings (SSSR count). The first-order valence-electron chi connectivity index (χ1n) is 9.78. The van der Waals surface area contributed by atoms with Crippen molar-refractivity contribution >= 4 is 23.0 Å². The van der Waals surface area contributed by atoms with Gasteiger partial charge < -0.3 is 5.32 Å². The molecule has 3 aromatic rings. The third kappa shape index (κ3) is 4.26. The normalized spacial score (nSPS) is 16.7. The molecular weight excluding hydrogens is 374 g/mol. The van der Waals surface area contributed by atoms with Crippen molar-refractivity contribution in [2.45, 2.75) is 58.4 Å². The van der Waals surface area contributed by atoms with Crippen LogP contribution in [-0.2, 0) is 0 Å². The number of nitrogens with zero attached hydrogens (tertiary/aromatic N) is 5. The van der Waals surface area contributed by atoms with Crippen LogP contribution in [0.1, 0.15) is 45.1 Å². The van der Waals surface area contributed by atoms with Crippen molar-refractivity contribution in [2.75, 3.05) is 5.32 Å². The Labute approximate surface area is 168 Å². The van der Waals surface area contributed by atoms with Crippen LogP contribution in [0.25, 0.3) is 16.6 Å². The second-order valence-electron chi connectivity index (χ2n) is 7.84. The van der Waals surface area contributed by atoms with Gasteiger partial charge in [-0.05, 0) is 51.3 Å². The van der Waals surface area contributed by atoms with E-state index in [0.717, 1.165) is 33.7 Å². The molecule has 152 valence electrons. The van der Waals surface area contributed by atoms with Crippen LogP contribution in [0.5, 0.6) is 0 Å². The summed E-state index contributed by atoms with van der Waals surface area (Å²) in [5.74, 6) is -1.37. The van der Waals surface area contributed by atoms with E-state index in [1.165, 1.54) is 0 Å². The molecule has 0 radical (unpaired) electrons. The molecule has 0 aromatic carbocycles. The van der Waals surface area contributed by atoms with Gasteiger partial charge >= 0.3 is 0 Å². The number of aromatic nitrogens is 4. The Morgan fingerprint density at radius 3 is 2.66 bits per heavy atom. The molecule has 3 heterocycles. The van der Waals surface area contributed by atoms with Gasteiger partial charge in [0.15, 0.2) is 5.82 Å². The molecule has 0 aliphatic heterocycles. The second kappa shape index (κ2) is 7.50. The Morgan fingerprint density at radius 1 is 1.21 bits per heavy atom. The van der Waals surface area contributed by atoms with Gasteiger partial charge in [0, 0.05) is 48.1 Å². The zero-order valence-corrected chi connectivity index (χ0v) is 16.8. The van der Waals surface area contributed by atoms with Crippen molar-refractivity contribution < 1.29 is 8.78 Å². The van der Waals surface area contributed by atoms with Crippen molar-refractivity contribution in [3.63, 3.8) is 0 Å². The summed E-state index contributed by atoms with van der Waals surface area (Å²) in [6, 6.07) is 4.00. The average Bonchev–Trinajstić information content (AvgIpc) is 3.08. The SMILES string of the molecule is CC(C)=Nc1ncc(-c2ccn3nc(NC4CCC(F)(F)CC4)ncc23)cc1C. The molecule has 0 saturated heterocycles. The summed E-state index contributed by atoms with van der Waals surface area (Å²) < 4.78 is 28.4. The fourth-order valence-electron chi connectivity index (χ4n) is 3.62. The van der Waals surface area contributed by atoms with Crippen molar-refractivity contribution in [2.24, 2.45) is 4.99 Å². The van der Waals surface area contributed by atoms with Crippen LogP contribution >= 0.6 is 0 Å². The summed E-state index contributed by atoms with van der Waals surface area (Å²) in [5.41, 5.74) is 4.76. The lowest BCUT2D eigenvalue weighted by molar-refractivity contribution is -0.0361. The smallest absolute Gasteiger partial charge is 0.248 e. The Balaban J connectivity index is 1.56. The number of aryl methyl sites for hydroxylation is 1. The van der Waals surface area contributed by atoms with E-state index in [1.807, 2.05) is 33.0 Å². The van der Waals surface area contributed by atoms with Gasteiger partial charge in [-0.25, -0.2) is 28.3 Å². The summed E-state index contributed by atoms with van der Waals surface area (Å²) in [4.78, 5) is 13.3. The standard InChI is InChI=1S/C21H24F2N6/c1-13(2)26-19-14(3)10-15(11-24-19)17-6-9-29-18(17)12-25-20(28-29)27-16-4-7-21(22,23)8-5-16/h6,9-12,16H,4-5,7-8H2,1-3H3,(H,27,28). The van der Waals surface area contributed by atoms with Gasteiger partial charge in [0.25, 0.3) is 0 Å². The number of hydrogen-bond acceptors (Lipinski definition) is 5. The van der Waals surface area contributed by atoms with Crippen LogP contribution in [0.15, 0.2) is 35.7 Å². The molecule has 0 amide bonds. The zero-order valence-electron chi connectivity index (χ0n) is 16.8. The lowest BCUT2D eigenvalue weighted by atomic mass is 9.92. The molecule has 1 N–H and O–H groups in total. The van der Waals surface area contributed by atoms with Crippen LogP contribution in [0, 0.1) is 6.92 Å². The van der Waals surface area contributed by atoms with Gasteiger partial charge in [0.2, 0.25) is 11.9 Å². The van der Waals surface area contributed by atoms with E-state index < -0.39 is 5.92 Å². The van der Waals surface area contributed by atoms with Crippen LogP contribution < -0.4 is 5.32 Å². The topological polar surface area (TPSA) is 67.5 Å². The first-order chi connectivity index (χ1) is 13.8. The van der Waals surface area contributed by atoms with Gasteiger partial charge in [0.05, 0.1) is 11.7 Å². The molecular formula is C21H24F2N6. The molecule has 29 heavy (non-hydrogen) atoms. The minimum atomic E-state index is -2.54. The average molecular weight is 398 g/mol. The molecule has 1 aliphatic rings. The molecule has 3 aromatic heterocycles. The van der Waals surface area contributed by atoms with Crippen LogP contribution in [0.2, 0.25) is 0 Å². The highest BCUT2D eigenvalue weighted by atomic mass is 19.3. The fraction of sp³-hybridized carbons (Fsp3) is 0.429. The maximum absolute atomic E-state index is 13.3. The number of nitrogens with one attached hydrogen (secondary N) is 1. The van der Waals surface area contributed by atoms with Gasteiger partial charge in [-0.15, -0.1) is 5.10 Å². The van der Waals surface area contributed by atoms with Crippen molar-refractivity contribution in [1.29, 1.82) is 0 Å². The van der Waals surface area contributed by atoms with E-state index in [4.69, 9.17) is 0 Å². The predicted octanol–water partition coefficient (Wildman–Crippen LogP) is 5.20. The highest BCUT2D eigenvalue weighted by Gasteiger charge is 2.35. The lowest BCUT2D eigenvalue weighted by Gasteiger charge is -2.28. The zero-order chi connectivity index (χ0) is 20.6. The second-order valence-corrected chi connectivity index (χ2v) is 7.84. The van der Waals surface area contributed by atoms with Gasteiger partial charge in [-0.1, -0.05) is 0 Å². The van der Waals surface area contributed by atoms with Crippen molar-refractivity contribution in [3.8, 4) is 11.1 Å². The largest absolute Gasteiger partial charge is 0.350 e. The van der Waals surface area contributed by atoms with E-state index in [1.54, 1.807) is 16.9 Å². The molecule has 0 atom stereocenters. The number of anilines is 1. The molecule has 0 bridgehead atoms. The fourth-order valence-corrected chi connectivity index (χ4v) is 3.62. The van der Waals surface area contributed by atoms with Gasteiger partial charge in [-0.3, -0.25) is 0 Å². The van der Waals surface area contributed by atoms with Crippen LogP contribution in [0.3, 0.4) is 0 Å². The summed E-state index contributed by atoms with van der Waals surface area (Å²) in [5, 5.41) is 7.69. The number of halogens is 2. The quantitative estimate of drug-likeness (QED) is 0.613. The number of rotatable bonds is 4. The number of fused-ring (bicyclic) bond motifs is 1. The van der Waals surface area contributed by atoms with Crippen molar-refractivity contribution in [1.82, 2.24) is 19.6 Å². The minimum Gasteiger partial charge on any atom is -0.350 e. The Bertz CT molecular complexity index is 1060. The first kappa shape index (κ1) is 19.4. The predicted molar refractivity (Wildman–Crippen MR) is 110 cm³/mol. The number of aliphatic imine (C=N–C) groups is 1. The Morgan fingerprint density at radius 2 is 1.97 bits per heavy atom. The number of pyridine rings is 1. The molecule has 8 heteroatoms. The Kier molecular flexibility index (Phi) is 5.02. The summed E-state index contributed by atoms with van der Waals surface area (Å²) >= 11 is 0. The molecule has 0 unspecified atom stereocenters. The third-order valence-electron chi connectivity index (χ3n) is 5.16. The maximum Gasteiger partial charge on any atom is 0.248 e. The van der Waals surface area contributed by atoms with E-state index in [-0.39, 0.29) is 18.9 Å². The lowest BCUT2D eigenvalue weighted by Crippen LogP contribution is -2.32. The van der Waals surface area contributed by atoms with Gasteiger partial charge in [-0.2, -0.15) is 0 Å². The number of hydrogen-bond donors (Lipinski definition) is 1. The minimum absolute atomic E-state index is 0.0240. The molecule has 0 spiro atoms. The highest BCUT2D eigenvalue weighted by Crippen LogP contribution is 2.34. The summed E-state index contributed by atoms with van der Waals surface area (Å²) in [7, 11) is 0. The molecule has 1 saturated carbocycles. The monoisotopic (exact) mass is 398 g/mol. The van der Waals surface area contributed by atoms with Crippen LogP contribution in [0.4, 0.5) is 20.5 Å². The maximum atomic E-state index is 13.3. The van der Waals surface area contributed by atoms with E-state index >= 15 is 0 Å². The highest BCUT2D eigenvalue weighted by molar-refractivity contribution is 5.83. The Hall–Kier alpha value is -2.90. The molecule has 6 nitrogen and oxygen atoms in total. The van der Waals surface area contributed by atoms with E-state index in [2.05, 4.69) is 31.4 Å².